The van der Waals surface area contributed by atoms with Gasteiger partial charge in [-0.1, -0.05) is 24.3 Å². The first-order chi connectivity index (χ1) is 11.5. The molecule has 0 aliphatic rings. The zero-order valence-corrected chi connectivity index (χ0v) is 14.4. The Morgan fingerprint density at radius 3 is 2.54 bits per heavy atom. The maximum Gasteiger partial charge on any atom is 0.331 e. The Kier molecular flexibility index (Phi) is 8.25. The summed E-state index contributed by atoms with van der Waals surface area (Å²) in [7, 11) is 0. The lowest BCUT2D eigenvalue weighted by atomic mass is 10.1. The zero-order chi connectivity index (χ0) is 17.9. The minimum Gasteiger partial charge on any atom is -0.452 e. The van der Waals surface area contributed by atoms with E-state index in [9.17, 15) is 14.4 Å². The summed E-state index contributed by atoms with van der Waals surface area (Å²) in [6.07, 6.45) is 2.93. The molecular formula is C18H24N2O4. The van der Waals surface area contributed by atoms with Crippen molar-refractivity contribution in [3.63, 3.8) is 0 Å². The largest absolute Gasteiger partial charge is 0.452 e. The molecule has 0 atom stereocenters. The van der Waals surface area contributed by atoms with Crippen LogP contribution >= 0.6 is 0 Å². The van der Waals surface area contributed by atoms with E-state index in [-0.39, 0.29) is 19.1 Å². The molecule has 24 heavy (non-hydrogen) atoms. The number of carbonyl (C=O) groups excluding carboxylic acids is 3. The van der Waals surface area contributed by atoms with Crippen molar-refractivity contribution in [1.82, 2.24) is 10.2 Å². The lowest BCUT2D eigenvalue weighted by Gasteiger charge is -2.19. The molecule has 0 radical (unpaired) electrons. The van der Waals surface area contributed by atoms with Crippen molar-refractivity contribution in [1.29, 1.82) is 0 Å². The molecule has 0 heterocycles. The predicted octanol–water partition coefficient (Wildman–Crippen LogP) is 1.54. The second kappa shape index (κ2) is 10.2. The summed E-state index contributed by atoms with van der Waals surface area (Å²) in [5, 5.41) is 2.62. The van der Waals surface area contributed by atoms with Crippen molar-refractivity contribution in [3.05, 3.63) is 41.5 Å². The highest BCUT2D eigenvalue weighted by atomic mass is 16.5. The fraction of sp³-hybridized carbons (Fsp3) is 0.389. The highest BCUT2D eigenvalue weighted by Gasteiger charge is 2.16. The van der Waals surface area contributed by atoms with Gasteiger partial charge in [-0.25, -0.2) is 4.79 Å². The molecule has 2 amide bonds. The van der Waals surface area contributed by atoms with E-state index in [4.69, 9.17) is 4.74 Å². The van der Waals surface area contributed by atoms with Crippen molar-refractivity contribution >= 4 is 23.9 Å². The molecule has 0 fully saturated rings. The summed E-state index contributed by atoms with van der Waals surface area (Å²) in [5.74, 6) is -1.24. The Morgan fingerprint density at radius 2 is 1.92 bits per heavy atom. The van der Waals surface area contributed by atoms with Crippen LogP contribution < -0.4 is 5.32 Å². The Morgan fingerprint density at radius 1 is 1.21 bits per heavy atom. The van der Waals surface area contributed by atoms with Gasteiger partial charge in [-0.05, 0) is 38.0 Å². The molecule has 0 aliphatic heterocycles. The molecule has 6 nitrogen and oxygen atoms in total. The van der Waals surface area contributed by atoms with Crippen molar-refractivity contribution in [2.45, 2.75) is 20.8 Å². The van der Waals surface area contributed by atoms with E-state index in [0.717, 1.165) is 11.1 Å². The van der Waals surface area contributed by atoms with Crippen LogP contribution in [0.3, 0.4) is 0 Å². The molecule has 0 bridgehead atoms. The minimum absolute atomic E-state index is 0.0419. The molecule has 1 aromatic rings. The average Bonchev–Trinajstić information content (AvgIpc) is 2.57. The number of rotatable bonds is 8. The first kappa shape index (κ1) is 19.4. The highest BCUT2D eigenvalue weighted by Crippen LogP contribution is 2.08. The number of hydrogen-bond acceptors (Lipinski definition) is 4. The maximum atomic E-state index is 12.0. The van der Waals surface area contributed by atoms with E-state index in [2.05, 4.69) is 5.32 Å². The second-order valence-corrected chi connectivity index (χ2v) is 5.16. The van der Waals surface area contributed by atoms with E-state index in [1.54, 1.807) is 19.9 Å². The molecule has 0 spiro atoms. The molecule has 0 aliphatic carbocycles. The Labute approximate surface area is 142 Å². The molecule has 6 heteroatoms. The number of nitrogens with one attached hydrogen (secondary N) is 1. The van der Waals surface area contributed by atoms with Crippen LogP contribution in [0.1, 0.15) is 25.0 Å². The fourth-order valence-corrected chi connectivity index (χ4v) is 2.01. The van der Waals surface area contributed by atoms with E-state index >= 15 is 0 Å². The Hall–Kier alpha value is -2.63. The number of amides is 2. The van der Waals surface area contributed by atoms with Crippen LogP contribution in [0, 0.1) is 6.92 Å². The number of hydrogen-bond donors (Lipinski definition) is 1. The Balaban J connectivity index is 2.49. The standard InChI is InChI=1S/C18H24N2O4/c1-4-19-16(21)12-20(5-2)17(22)13-24-18(23)11-10-15-9-7-6-8-14(15)3/h6-11H,4-5,12-13H2,1-3H3,(H,19,21)/b11-10+. The van der Waals surface area contributed by atoms with Gasteiger partial charge in [-0.2, -0.15) is 0 Å². The van der Waals surface area contributed by atoms with Gasteiger partial charge in [-0.15, -0.1) is 0 Å². The van der Waals surface area contributed by atoms with Gasteiger partial charge in [0.15, 0.2) is 6.61 Å². The van der Waals surface area contributed by atoms with Crippen molar-refractivity contribution in [2.24, 2.45) is 0 Å². The Bertz CT molecular complexity index is 611. The van der Waals surface area contributed by atoms with Gasteiger partial charge in [0.2, 0.25) is 5.91 Å². The predicted molar refractivity (Wildman–Crippen MR) is 92.1 cm³/mol. The third-order valence-electron chi connectivity index (χ3n) is 3.37. The summed E-state index contributed by atoms with van der Waals surface area (Å²) in [6.45, 7) is 5.95. The van der Waals surface area contributed by atoms with Gasteiger partial charge in [0.1, 0.15) is 0 Å². The van der Waals surface area contributed by atoms with Crippen molar-refractivity contribution in [2.75, 3.05) is 26.2 Å². The topological polar surface area (TPSA) is 75.7 Å². The summed E-state index contributed by atoms with van der Waals surface area (Å²) in [5.41, 5.74) is 1.95. The van der Waals surface area contributed by atoms with Crippen molar-refractivity contribution < 1.29 is 19.1 Å². The van der Waals surface area contributed by atoms with E-state index in [1.807, 2.05) is 31.2 Å². The third kappa shape index (κ3) is 6.64. The number of nitrogens with zero attached hydrogens (tertiary/aromatic N) is 1. The third-order valence-corrected chi connectivity index (χ3v) is 3.37. The SMILES string of the molecule is CCNC(=O)CN(CC)C(=O)COC(=O)/C=C/c1ccccc1C. The maximum absolute atomic E-state index is 12.0. The molecule has 0 saturated heterocycles. The number of benzene rings is 1. The van der Waals surface area contributed by atoms with E-state index in [0.29, 0.717) is 13.1 Å². The van der Waals surface area contributed by atoms with Gasteiger partial charge in [0, 0.05) is 19.2 Å². The summed E-state index contributed by atoms with van der Waals surface area (Å²) in [4.78, 5) is 36.6. The number of likely N-dealkylation sites (N-methyl/N-ethyl adjacent to an activating group) is 2. The molecule has 0 aromatic heterocycles. The monoisotopic (exact) mass is 332 g/mol. The summed E-state index contributed by atoms with van der Waals surface area (Å²) >= 11 is 0. The first-order valence-electron chi connectivity index (χ1n) is 7.92. The highest BCUT2D eigenvalue weighted by molar-refractivity contribution is 5.90. The molecule has 1 aromatic carbocycles. The number of carbonyl (C=O) groups is 3. The zero-order valence-electron chi connectivity index (χ0n) is 14.4. The summed E-state index contributed by atoms with van der Waals surface area (Å²) in [6, 6.07) is 7.62. The van der Waals surface area contributed by atoms with Crippen LogP contribution in [0.4, 0.5) is 0 Å². The number of ether oxygens (including phenoxy) is 1. The van der Waals surface area contributed by atoms with Crippen LogP contribution in [-0.2, 0) is 19.1 Å². The number of esters is 1. The van der Waals surface area contributed by atoms with Gasteiger partial charge in [-0.3, -0.25) is 9.59 Å². The lowest BCUT2D eigenvalue weighted by Crippen LogP contribution is -2.42. The van der Waals surface area contributed by atoms with Crippen LogP contribution in [0.15, 0.2) is 30.3 Å². The normalized spacial score (nSPS) is 10.5. The molecular weight excluding hydrogens is 308 g/mol. The van der Waals surface area contributed by atoms with Crippen molar-refractivity contribution in [3.8, 4) is 0 Å². The van der Waals surface area contributed by atoms with Gasteiger partial charge >= 0.3 is 5.97 Å². The average molecular weight is 332 g/mol. The van der Waals surface area contributed by atoms with Crippen LogP contribution in [0.25, 0.3) is 6.08 Å². The molecule has 0 saturated carbocycles. The quantitative estimate of drug-likeness (QED) is 0.579. The smallest absolute Gasteiger partial charge is 0.331 e. The minimum atomic E-state index is -0.597. The van der Waals surface area contributed by atoms with Gasteiger partial charge in [0.05, 0.1) is 6.54 Å². The molecule has 1 N–H and O–H groups in total. The second-order valence-electron chi connectivity index (χ2n) is 5.16. The van der Waals surface area contributed by atoms with Crippen LogP contribution in [0.2, 0.25) is 0 Å². The number of aryl methyl sites for hydroxylation is 1. The molecule has 1 rings (SSSR count). The van der Waals surface area contributed by atoms with E-state index < -0.39 is 11.9 Å². The summed E-state index contributed by atoms with van der Waals surface area (Å²) < 4.78 is 4.94. The van der Waals surface area contributed by atoms with Gasteiger partial charge < -0.3 is 15.0 Å². The first-order valence-corrected chi connectivity index (χ1v) is 7.92. The molecule has 0 unspecified atom stereocenters. The molecule has 130 valence electrons. The van der Waals surface area contributed by atoms with E-state index in [1.165, 1.54) is 11.0 Å². The van der Waals surface area contributed by atoms with Crippen LogP contribution in [0.5, 0.6) is 0 Å². The fourth-order valence-electron chi connectivity index (χ4n) is 2.01. The van der Waals surface area contributed by atoms with Gasteiger partial charge in [0.25, 0.3) is 5.91 Å². The van der Waals surface area contributed by atoms with Crippen LogP contribution in [-0.4, -0.2) is 48.9 Å². The lowest BCUT2D eigenvalue weighted by molar-refractivity contribution is -0.148.